The number of hydrogen-bond acceptors (Lipinski definition) is 2. The molecule has 170 valence electrons. The molecule has 3 saturated carbocycles. The first-order valence-corrected chi connectivity index (χ1v) is 12.8. The Labute approximate surface area is 185 Å². The average Bonchev–Trinajstić information content (AvgIpc) is 3.04. The van der Waals surface area contributed by atoms with Crippen LogP contribution in [0.3, 0.4) is 0 Å². The summed E-state index contributed by atoms with van der Waals surface area (Å²) in [6.45, 7) is 14.4. The standard InChI is InChI=1S/C28H46O2/c1-17(2)18(3)7-8-19(4)23-11-12-24-22-10-9-20-15-21(29)16-26(30)28(20,6)25(22)13-14-27(23,24)5/h7-9,17-19,21-26,29-30H,10-16H2,1-6H3/b8-7+/t18-,19+,21+,22?,23+,24-,25-,26-,27+,28-/m0/s1. The van der Waals surface area contributed by atoms with Gasteiger partial charge in [0.05, 0.1) is 12.2 Å². The largest absolute Gasteiger partial charge is 0.393 e. The molecule has 0 aromatic rings. The van der Waals surface area contributed by atoms with Crippen LogP contribution in [0.15, 0.2) is 23.8 Å². The van der Waals surface area contributed by atoms with Gasteiger partial charge in [0.15, 0.2) is 0 Å². The van der Waals surface area contributed by atoms with Gasteiger partial charge in [-0.2, -0.15) is 0 Å². The molecule has 3 fully saturated rings. The van der Waals surface area contributed by atoms with Gasteiger partial charge in [0.2, 0.25) is 0 Å². The van der Waals surface area contributed by atoms with E-state index in [1.54, 1.807) is 0 Å². The molecule has 0 spiro atoms. The van der Waals surface area contributed by atoms with Gasteiger partial charge in [-0.3, -0.25) is 0 Å². The normalized spacial score (nSPS) is 48.1. The molecule has 4 aliphatic carbocycles. The number of aliphatic hydroxyl groups is 2. The van der Waals surface area contributed by atoms with Gasteiger partial charge in [0, 0.05) is 11.8 Å². The van der Waals surface area contributed by atoms with Crippen molar-refractivity contribution in [1.29, 1.82) is 0 Å². The maximum Gasteiger partial charge on any atom is 0.0658 e. The summed E-state index contributed by atoms with van der Waals surface area (Å²) in [5.74, 6) is 4.88. The van der Waals surface area contributed by atoms with E-state index in [0.717, 1.165) is 24.7 Å². The van der Waals surface area contributed by atoms with E-state index >= 15 is 0 Å². The Morgan fingerprint density at radius 2 is 1.73 bits per heavy atom. The number of rotatable bonds is 4. The summed E-state index contributed by atoms with van der Waals surface area (Å²) in [6, 6.07) is 0. The Kier molecular flexibility index (Phi) is 6.08. The van der Waals surface area contributed by atoms with Gasteiger partial charge in [-0.25, -0.2) is 0 Å². The average molecular weight is 415 g/mol. The summed E-state index contributed by atoms with van der Waals surface area (Å²) >= 11 is 0. The Hall–Kier alpha value is -0.600. The molecule has 0 amide bonds. The number of allylic oxidation sites excluding steroid dienone is 3. The summed E-state index contributed by atoms with van der Waals surface area (Å²) in [7, 11) is 0. The van der Waals surface area contributed by atoms with E-state index in [1.165, 1.54) is 31.3 Å². The third-order valence-corrected chi connectivity index (χ3v) is 10.7. The summed E-state index contributed by atoms with van der Waals surface area (Å²) in [5.41, 5.74) is 1.68. The van der Waals surface area contributed by atoms with Crippen LogP contribution in [0.25, 0.3) is 0 Å². The predicted molar refractivity (Wildman–Crippen MR) is 125 cm³/mol. The zero-order valence-electron chi connectivity index (χ0n) is 20.3. The minimum absolute atomic E-state index is 0.111. The van der Waals surface area contributed by atoms with Crippen molar-refractivity contribution in [2.75, 3.05) is 0 Å². The van der Waals surface area contributed by atoms with Gasteiger partial charge in [0.1, 0.15) is 0 Å². The molecule has 2 N–H and O–H groups in total. The zero-order valence-corrected chi connectivity index (χ0v) is 20.3. The molecule has 4 aliphatic rings. The lowest BCUT2D eigenvalue weighted by Gasteiger charge is -2.59. The molecule has 10 atom stereocenters. The topological polar surface area (TPSA) is 40.5 Å². The first-order chi connectivity index (χ1) is 14.1. The summed E-state index contributed by atoms with van der Waals surface area (Å²) < 4.78 is 0. The fourth-order valence-electron chi connectivity index (χ4n) is 8.31. The van der Waals surface area contributed by atoms with Crippen LogP contribution in [0.5, 0.6) is 0 Å². The first kappa shape index (κ1) is 22.6. The van der Waals surface area contributed by atoms with Crippen LogP contribution < -0.4 is 0 Å². The molecule has 0 aromatic carbocycles. The Morgan fingerprint density at radius 1 is 1.00 bits per heavy atom. The second kappa shape index (κ2) is 8.07. The molecule has 0 aromatic heterocycles. The maximum absolute atomic E-state index is 11.1. The van der Waals surface area contributed by atoms with Crippen molar-refractivity contribution in [2.45, 2.75) is 98.7 Å². The predicted octanol–water partition coefficient (Wildman–Crippen LogP) is 6.38. The van der Waals surface area contributed by atoms with Crippen molar-refractivity contribution < 1.29 is 10.2 Å². The van der Waals surface area contributed by atoms with Gasteiger partial charge in [-0.05, 0) is 85.4 Å². The van der Waals surface area contributed by atoms with Crippen LogP contribution in [-0.4, -0.2) is 22.4 Å². The molecule has 0 aliphatic heterocycles. The lowest BCUT2D eigenvalue weighted by atomic mass is 9.46. The number of hydrogen-bond donors (Lipinski definition) is 2. The van der Waals surface area contributed by atoms with E-state index in [9.17, 15) is 10.2 Å². The molecular formula is C28H46O2. The van der Waals surface area contributed by atoms with E-state index in [-0.39, 0.29) is 17.6 Å². The highest BCUT2D eigenvalue weighted by atomic mass is 16.3. The van der Waals surface area contributed by atoms with Crippen molar-refractivity contribution in [3.63, 3.8) is 0 Å². The van der Waals surface area contributed by atoms with Gasteiger partial charge in [-0.1, -0.05) is 65.3 Å². The number of fused-ring (bicyclic) bond motifs is 5. The van der Waals surface area contributed by atoms with Gasteiger partial charge in [-0.15, -0.1) is 0 Å². The van der Waals surface area contributed by atoms with Gasteiger partial charge < -0.3 is 10.2 Å². The lowest BCUT2D eigenvalue weighted by molar-refractivity contribution is -0.106. The van der Waals surface area contributed by atoms with Crippen molar-refractivity contribution >= 4 is 0 Å². The quantitative estimate of drug-likeness (QED) is 0.524. The second-order valence-corrected chi connectivity index (χ2v) is 12.3. The zero-order chi connectivity index (χ0) is 21.8. The van der Waals surface area contributed by atoms with Crippen molar-refractivity contribution in [1.82, 2.24) is 0 Å². The highest BCUT2D eigenvalue weighted by molar-refractivity contribution is 5.27. The monoisotopic (exact) mass is 414 g/mol. The van der Waals surface area contributed by atoms with Gasteiger partial charge in [0.25, 0.3) is 0 Å². The molecule has 30 heavy (non-hydrogen) atoms. The van der Waals surface area contributed by atoms with E-state index in [2.05, 4.69) is 59.8 Å². The summed E-state index contributed by atoms with van der Waals surface area (Å²) in [4.78, 5) is 0. The van der Waals surface area contributed by atoms with Crippen molar-refractivity contribution in [2.24, 2.45) is 52.3 Å². The minimum atomic E-state index is -0.388. The van der Waals surface area contributed by atoms with Crippen molar-refractivity contribution in [3.8, 4) is 0 Å². The molecule has 4 rings (SSSR count). The molecule has 0 bridgehead atoms. The summed E-state index contributed by atoms with van der Waals surface area (Å²) in [6.07, 6.45) is 14.4. The van der Waals surface area contributed by atoms with Crippen LogP contribution in [0.4, 0.5) is 0 Å². The Balaban J connectivity index is 1.55. The number of aliphatic hydroxyl groups excluding tert-OH is 2. The SMILES string of the molecule is CC(C)[C@@H](C)/C=C/[C@@H](C)[C@H]1CC[C@H]2C3CC=C4C[C@@H](O)C[C@H](O)[C@]4(C)[C@H]3CC[C@]12C. The van der Waals surface area contributed by atoms with Crippen LogP contribution in [-0.2, 0) is 0 Å². The van der Waals surface area contributed by atoms with Crippen molar-refractivity contribution in [3.05, 3.63) is 23.8 Å². The van der Waals surface area contributed by atoms with E-state index in [1.807, 2.05) is 0 Å². The smallest absolute Gasteiger partial charge is 0.0658 e. The third-order valence-electron chi connectivity index (χ3n) is 10.7. The highest BCUT2D eigenvalue weighted by Gasteiger charge is 2.60. The fraction of sp³-hybridized carbons (Fsp3) is 0.857. The second-order valence-electron chi connectivity index (χ2n) is 12.3. The molecule has 0 heterocycles. The minimum Gasteiger partial charge on any atom is -0.393 e. The van der Waals surface area contributed by atoms with Crippen LogP contribution >= 0.6 is 0 Å². The first-order valence-electron chi connectivity index (χ1n) is 12.8. The lowest BCUT2D eigenvalue weighted by Crippen LogP contribution is -2.55. The van der Waals surface area contributed by atoms with Crippen LogP contribution in [0.1, 0.15) is 86.5 Å². The molecular weight excluding hydrogens is 368 g/mol. The van der Waals surface area contributed by atoms with Crippen LogP contribution in [0, 0.1) is 52.3 Å². The fourth-order valence-corrected chi connectivity index (χ4v) is 8.31. The maximum atomic E-state index is 11.1. The highest BCUT2D eigenvalue weighted by Crippen LogP contribution is 2.67. The van der Waals surface area contributed by atoms with E-state index < -0.39 is 0 Å². The molecule has 2 nitrogen and oxygen atoms in total. The van der Waals surface area contributed by atoms with Gasteiger partial charge >= 0.3 is 0 Å². The summed E-state index contributed by atoms with van der Waals surface area (Å²) in [5, 5.41) is 21.3. The Morgan fingerprint density at radius 3 is 2.43 bits per heavy atom. The molecule has 0 radical (unpaired) electrons. The molecule has 0 saturated heterocycles. The van der Waals surface area contributed by atoms with E-state index in [4.69, 9.17) is 0 Å². The molecule has 1 unspecified atom stereocenters. The third kappa shape index (κ3) is 3.45. The van der Waals surface area contributed by atoms with E-state index in [0.29, 0.717) is 41.4 Å². The molecule has 2 heteroatoms. The van der Waals surface area contributed by atoms with Crippen LogP contribution in [0.2, 0.25) is 0 Å². The Bertz CT molecular complexity index is 693.